The molecule has 0 atom stereocenters. The third kappa shape index (κ3) is 1.95. The van der Waals surface area contributed by atoms with Crippen LogP contribution in [0.2, 0.25) is 0 Å². The maximum atomic E-state index is 9.98. The Kier molecular flexibility index (Phi) is 2.64. The lowest BCUT2D eigenvalue weighted by atomic mass is 10.1. The minimum Gasteiger partial charge on any atom is -0.508 e. The van der Waals surface area contributed by atoms with Gasteiger partial charge in [-0.25, -0.2) is 0 Å². The van der Waals surface area contributed by atoms with Crippen molar-refractivity contribution in [2.45, 2.75) is 6.92 Å². The first kappa shape index (κ1) is 8.53. The molecule has 2 nitrogen and oxygen atoms in total. The summed E-state index contributed by atoms with van der Waals surface area (Å²) in [6.45, 7) is 1.82. The molecule has 1 rings (SSSR count). The van der Waals surface area contributed by atoms with Gasteiger partial charge in [0.1, 0.15) is 12.0 Å². The van der Waals surface area contributed by atoms with Crippen LogP contribution in [0.3, 0.4) is 0 Å². The molecule has 0 aliphatic rings. The summed E-state index contributed by atoms with van der Waals surface area (Å²) in [7, 11) is 0. The van der Waals surface area contributed by atoms with Crippen LogP contribution >= 0.6 is 0 Å². The molecule has 0 saturated carbocycles. The second-order valence-corrected chi connectivity index (χ2v) is 2.54. The lowest BCUT2D eigenvalue weighted by Gasteiger charge is -1.98. The number of benzene rings is 1. The highest BCUT2D eigenvalue weighted by molar-refractivity contribution is 5.74. The number of carbonyl (C=O) groups excluding carboxylic acids is 1. The number of hydrogen-bond acceptors (Lipinski definition) is 2. The number of aryl methyl sites for hydroxylation is 1. The molecule has 0 radical (unpaired) electrons. The highest BCUT2D eigenvalue weighted by Crippen LogP contribution is 2.17. The van der Waals surface area contributed by atoms with Gasteiger partial charge in [0.25, 0.3) is 0 Å². The fraction of sp³-hybridized carbons (Fsp3) is 0.100. The summed E-state index contributed by atoms with van der Waals surface area (Å²) in [5, 5.41) is 9.28. The second kappa shape index (κ2) is 3.72. The summed E-state index contributed by atoms with van der Waals surface area (Å²) < 4.78 is 0. The number of carbonyl (C=O) groups is 1. The van der Waals surface area contributed by atoms with E-state index in [1.165, 1.54) is 6.08 Å². The van der Waals surface area contributed by atoms with Crippen LogP contribution in [0.5, 0.6) is 5.75 Å². The van der Waals surface area contributed by atoms with Crippen LogP contribution in [0.4, 0.5) is 0 Å². The van der Waals surface area contributed by atoms with Crippen LogP contribution in [0, 0.1) is 6.92 Å². The first-order valence-corrected chi connectivity index (χ1v) is 3.65. The van der Waals surface area contributed by atoms with Gasteiger partial charge in [-0.05, 0) is 30.2 Å². The summed E-state index contributed by atoms with van der Waals surface area (Å²) >= 11 is 0. The number of hydrogen-bond donors (Lipinski definition) is 1. The number of rotatable bonds is 2. The van der Waals surface area contributed by atoms with Crippen molar-refractivity contribution in [1.29, 1.82) is 0 Å². The molecule has 0 aliphatic heterocycles. The predicted molar refractivity (Wildman–Crippen MR) is 47.9 cm³/mol. The van der Waals surface area contributed by atoms with Crippen LogP contribution in [-0.4, -0.2) is 11.4 Å². The van der Waals surface area contributed by atoms with E-state index in [0.717, 1.165) is 11.1 Å². The van der Waals surface area contributed by atoms with E-state index in [9.17, 15) is 9.90 Å². The van der Waals surface area contributed by atoms with Crippen LogP contribution in [0.15, 0.2) is 24.3 Å². The number of phenols is 1. The molecule has 0 heterocycles. The first-order valence-electron chi connectivity index (χ1n) is 3.65. The van der Waals surface area contributed by atoms with Gasteiger partial charge in [0.15, 0.2) is 0 Å². The van der Waals surface area contributed by atoms with Gasteiger partial charge >= 0.3 is 0 Å². The number of aldehydes is 1. The van der Waals surface area contributed by atoms with Gasteiger partial charge in [0.05, 0.1) is 0 Å². The summed E-state index contributed by atoms with van der Waals surface area (Å²) in [4.78, 5) is 9.98. The van der Waals surface area contributed by atoms with Crippen molar-refractivity contribution in [2.24, 2.45) is 0 Å². The third-order valence-corrected chi connectivity index (χ3v) is 1.60. The Balaban J connectivity index is 2.96. The summed E-state index contributed by atoms with van der Waals surface area (Å²) in [5.74, 6) is 0.253. The minimum absolute atomic E-state index is 0.253. The van der Waals surface area contributed by atoms with Crippen molar-refractivity contribution in [3.63, 3.8) is 0 Å². The fourth-order valence-electron chi connectivity index (χ4n) is 0.880. The second-order valence-electron chi connectivity index (χ2n) is 2.54. The zero-order valence-corrected chi connectivity index (χ0v) is 6.82. The maximum absolute atomic E-state index is 9.98. The van der Waals surface area contributed by atoms with Gasteiger partial charge in [0, 0.05) is 0 Å². The standard InChI is InChI=1S/C10H10O2/c1-8-4-5-9(3-2-6-11)7-10(8)12/h2-7,12H,1H3/b3-2+. The molecular formula is C10H10O2. The highest BCUT2D eigenvalue weighted by atomic mass is 16.3. The topological polar surface area (TPSA) is 37.3 Å². The van der Waals surface area contributed by atoms with Gasteiger partial charge < -0.3 is 5.11 Å². The largest absolute Gasteiger partial charge is 0.508 e. The van der Waals surface area contributed by atoms with E-state index >= 15 is 0 Å². The Bertz CT molecular complexity index is 314. The zero-order valence-electron chi connectivity index (χ0n) is 6.82. The molecule has 0 spiro atoms. The highest BCUT2D eigenvalue weighted by Gasteiger charge is 1.94. The molecule has 0 amide bonds. The van der Waals surface area contributed by atoms with E-state index in [0.29, 0.717) is 6.29 Å². The normalized spacial score (nSPS) is 10.4. The van der Waals surface area contributed by atoms with Gasteiger partial charge in [-0.15, -0.1) is 0 Å². The van der Waals surface area contributed by atoms with Crippen molar-refractivity contribution in [3.8, 4) is 5.75 Å². The Morgan fingerprint density at radius 2 is 2.17 bits per heavy atom. The summed E-state index contributed by atoms with van der Waals surface area (Å²) in [6, 6.07) is 5.27. The van der Waals surface area contributed by atoms with Gasteiger partial charge in [-0.2, -0.15) is 0 Å². The molecule has 0 unspecified atom stereocenters. The molecule has 2 heteroatoms. The molecule has 0 fully saturated rings. The average Bonchev–Trinajstić information content (AvgIpc) is 2.07. The molecule has 1 aromatic rings. The summed E-state index contributed by atoms with van der Waals surface area (Å²) in [6.07, 6.45) is 3.74. The first-order chi connectivity index (χ1) is 5.74. The molecule has 0 aliphatic carbocycles. The average molecular weight is 162 g/mol. The lowest BCUT2D eigenvalue weighted by Crippen LogP contribution is -1.76. The Labute approximate surface area is 71.2 Å². The Morgan fingerprint density at radius 1 is 1.42 bits per heavy atom. The molecule has 62 valence electrons. The maximum Gasteiger partial charge on any atom is 0.142 e. The molecule has 0 saturated heterocycles. The van der Waals surface area contributed by atoms with E-state index in [4.69, 9.17) is 0 Å². The van der Waals surface area contributed by atoms with Crippen molar-refractivity contribution in [3.05, 3.63) is 35.4 Å². The summed E-state index contributed by atoms with van der Waals surface area (Å²) in [5.41, 5.74) is 1.66. The van der Waals surface area contributed by atoms with Crippen LogP contribution < -0.4 is 0 Å². The fourth-order valence-corrected chi connectivity index (χ4v) is 0.880. The van der Waals surface area contributed by atoms with Crippen molar-refractivity contribution < 1.29 is 9.90 Å². The van der Waals surface area contributed by atoms with Crippen LogP contribution in [0.1, 0.15) is 11.1 Å². The van der Waals surface area contributed by atoms with E-state index in [2.05, 4.69) is 0 Å². The van der Waals surface area contributed by atoms with Crippen LogP contribution in [-0.2, 0) is 4.79 Å². The molecule has 12 heavy (non-hydrogen) atoms. The number of phenolic OH excluding ortho intramolecular Hbond substituents is 1. The van der Waals surface area contributed by atoms with Gasteiger partial charge in [-0.3, -0.25) is 4.79 Å². The monoisotopic (exact) mass is 162 g/mol. The Hall–Kier alpha value is -1.57. The van der Waals surface area contributed by atoms with Crippen molar-refractivity contribution in [1.82, 2.24) is 0 Å². The van der Waals surface area contributed by atoms with E-state index < -0.39 is 0 Å². The zero-order chi connectivity index (χ0) is 8.97. The molecule has 0 aromatic heterocycles. The lowest BCUT2D eigenvalue weighted by molar-refractivity contribution is -0.104. The number of aromatic hydroxyl groups is 1. The predicted octanol–water partition coefficient (Wildman–Crippen LogP) is 1.91. The molecule has 0 bridgehead atoms. The Morgan fingerprint density at radius 3 is 2.75 bits per heavy atom. The minimum atomic E-state index is 0.253. The van der Waals surface area contributed by atoms with Gasteiger partial charge in [0.2, 0.25) is 0 Å². The quantitative estimate of drug-likeness (QED) is 0.532. The van der Waals surface area contributed by atoms with Crippen molar-refractivity contribution in [2.75, 3.05) is 0 Å². The van der Waals surface area contributed by atoms with E-state index in [1.54, 1.807) is 18.2 Å². The SMILES string of the molecule is Cc1ccc(/C=C/C=O)cc1O. The molecule has 1 N–H and O–H groups in total. The van der Waals surface area contributed by atoms with E-state index in [1.807, 2.05) is 13.0 Å². The third-order valence-electron chi connectivity index (χ3n) is 1.60. The smallest absolute Gasteiger partial charge is 0.142 e. The van der Waals surface area contributed by atoms with Crippen molar-refractivity contribution >= 4 is 12.4 Å². The van der Waals surface area contributed by atoms with E-state index in [-0.39, 0.29) is 5.75 Å². The molecule has 1 aromatic carbocycles. The number of allylic oxidation sites excluding steroid dienone is 1. The van der Waals surface area contributed by atoms with Crippen LogP contribution in [0.25, 0.3) is 6.08 Å². The van der Waals surface area contributed by atoms with Gasteiger partial charge in [-0.1, -0.05) is 18.2 Å². The molecular weight excluding hydrogens is 152 g/mol.